The van der Waals surface area contributed by atoms with Crippen LogP contribution in [0.5, 0.6) is 0 Å². The molecule has 1 saturated carbocycles. The van der Waals surface area contributed by atoms with E-state index in [4.69, 9.17) is 4.42 Å². The fraction of sp³-hybridized carbons (Fsp3) is 0.714. The van der Waals surface area contributed by atoms with Gasteiger partial charge in [0.05, 0.1) is 6.54 Å². The van der Waals surface area contributed by atoms with Crippen molar-refractivity contribution in [2.24, 2.45) is 5.92 Å². The van der Waals surface area contributed by atoms with Crippen LogP contribution in [0, 0.1) is 5.92 Å². The van der Waals surface area contributed by atoms with Crippen LogP contribution in [0.25, 0.3) is 0 Å². The third-order valence-corrected chi connectivity index (χ3v) is 4.63. The molecule has 114 valence electrons. The van der Waals surface area contributed by atoms with Crippen LogP contribution in [-0.2, 0) is 16.6 Å². The van der Waals surface area contributed by atoms with Gasteiger partial charge < -0.3 is 9.73 Å². The van der Waals surface area contributed by atoms with Gasteiger partial charge in [0.1, 0.15) is 5.76 Å². The zero-order chi connectivity index (χ0) is 14.6. The van der Waals surface area contributed by atoms with Crippen LogP contribution >= 0.6 is 0 Å². The highest BCUT2D eigenvalue weighted by Crippen LogP contribution is 2.20. The maximum absolute atomic E-state index is 12.0. The quantitative estimate of drug-likeness (QED) is 0.686. The number of rotatable bonds is 9. The van der Waals surface area contributed by atoms with Crippen molar-refractivity contribution in [2.75, 3.05) is 6.54 Å². The predicted molar refractivity (Wildman–Crippen MR) is 77.8 cm³/mol. The van der Waals surface area contributed by atoms with Gasteiger partial charge in [0.2, 0.25) is 5.09 Å². The van der Waals surface area contributed by atoms with Crippen molar-refractivity contribution in [3.8, 4) is 0 Å². The molecule has 1 aromatic rings. The van der Waals surface area contributed by atoms with E-state index in [-0.39, 0.29) is 5.09 Å². The number of hydrogen-bond acceptors (Lipinski definition) is 4. The largest absolute Gasteiger partial charge is 0.447 e. The van der Waals surface area contributed by atoms with E-state index >= 15 is 0 Å². The highest BCUT2D eigenvalue weighted by Gasteiger charge is 2.22. The second-order valence-electron chi connectivity index (χ2n) is 5.81. The molecule has 1 fully saturated rings. The fourth-order valence-corrected chi connectivity index (χ4v) is 2.94. The smallest absolute Gasteiger partial charge is 0.273 e. The minimum absolute atomic E-state index is 0.00893. The third-order valence-electron chi connectivity index (χ3n) is 3.29. The van der Waals surface area contributed by atoms with Gasteiger partial charge in [-0.05, 0) is 43.7 Å². The van der Waals surface area contributed by atoms with Crippen LogP contribution in [0.2, 0.25) is 0 Å². The first-order valence-electron chi connectivity index (χ1n) is 7.29. The molecular formula is C14H24N2O3S. The van der Waals surface area contributed by atoms with E-state index in [2.05, 4.69) is 23.9 Å². The summed E-state index contributed by atoms with van der Waals surface area (Å²) < 4.78 is 32.0. The molecule has 1 heterocycles. The van der Waals surface area contributed by atoms with Crippen LogP contribution in [0.15, 0.2) is 21.6 Å². The lowest BCUT2D eigenvalue weighted by Crippen LogP contribution is -2.24. The van der Waals surface area contributed by atoms with Gasteiger partial charge in [-0.15, -0.1) is 0 Å². The van der Waals surface area contributed by atoms with E-state index in [1.54, 1.807) is 6.07 Å². The van der Waals surface area contributed by atoms with E-state index in [0.29, 0.717) is 30.8 Å². The topological polar surface area (TPSA) is 71.3 Å². The molecule has 0 aromatic carbocycles. The summed E-state index contributed by atoms with van der Waals surface area (Å²) in [4.78, 5) is 0. The van der Waals surface area contributed by atoms with Gasteiger partial charge in [-0.1, -0.05) is 13.8 Å². The van der Waals surface area contributed by atoms with Gasteiger partial charge in [0.15, 0.2) is 0 Å². The number of furan rings is 1. The Bertz CT molecular complexity index is 518. The zero-order valence-corrected chi connectivity index (χ0v) is 13.0. The Hall–Kier alpha value is -0.850. The Labute approximate surface area is 121 Å². The molecular weight excluding hydrogens is 276 g/mol. The highest BCUT2D eigenvalue weighted by molar-refractivity contribution is 7.89. The minimum atomic E-state index is -3.50. The molecule has 1 aliphatic rings. The van der Waals surface area contributed by atoms with Crippen molar-refractivity contribution in [3.63, 3.8) is 0 Å². The summed E-state index contributed by atoms with van der Waals surface area (Å²) in [7, 11) is -3.50. The molecule has 0 bridgehead atoms. The Kier molecular flexibility index (Phi) is 5.23. The summed E-state index contributed by atoms with van der Waals surface area (Å²) >= 11 is 0. The van der Waals surface area contributed by atoms with Gasteiger partial charge in [0, 0.05) is 12.6 Å². The molecule has 5 nitrogen and oxygen atoms in total. The monoisotopic (exact) mass is 300 g/mol. The predicted octanol–water partition coefficient (Wildman–Crippen LogP) is 2.25. The van der Waals surface area contributed by atoms with Crippen molar-refractivity contribution in [3.05, 3.63) is 17.9 Å². The summed E-state index contributed by atoms with van der Waals surface area (Å²) in [6.07, 6.45) is 4.25. The molecule has 0 atom stereocenters. The molecule has 0 unspecified atom stereocenters. The molecule has 20 heavy (non-hydrogen) atoms. The van der Waals surface area contributed by atoms with Gasteiger partial charge in [-0.3, -0.25) is 0 Å². The molecule has 2 rings (SSSR count). The van der Waals surface area contributed by atoms with E-state index < -0.39 is 10.0 Å². The molecule has 1 aliphatic carbocycles. The first-order chi connectivity index (χ1) is 9.47. The molecule has 0 saturated heterocycles. The summed E-state index contributed by atoms with van der Waals surface area (Å²) in [5.74, 6) is 1.25. The van der Waals surface area contributed by atoms with Crippen molar-refractivity contribution in [1.29, 1.82) is 0 Å². The molecule has 2 N–H and O–H groups in total. The molecule has 0 amide bonds. The van der Waals surface area contributed by atoms with Crippen LogP contribution in [-0.4, -0.2) is 21.0 Å². The van der Waals surface area contributed by atoms with E-state index in [1.807, 2.05) is 0 Å². The Balaban J connectivity index is 1.81. The zero-order valence-electron chi connectivity index (χ0n) is 12.2. The first-order valence-corrected chi connectivity index (χ1v) is 8.77. The van der Waals surface area contributed by atoms with Crippen LogP contribution in [0.1, 0.15) is 45.3 Å². The summed E-state index contributed by atoms with van der Waals surface area (Å²) in [6, 6.07) is 3.82. The second-order valence-corrected chi connectivity index (χ2v) is 7.51. The minimum Gasteiger partial charge on any atom is -0.447 e. The average molecular weight is 300 g/mol. The second kappa shape index (κ2) is 6.74. The van der Waals surface area contributed by atoms with Gasteiger partial charge in [-0.2, -0.15) is 0 Å². The molecule has 0 spiro atoms. The Morgan fingerprint density at radius 2 is 2.10 bits per heavy atom. The van der Waals surface area contributed by atoms with E-state index in [0.717, 1.165) is 12.8 Å². The van der Waals surface area contributed by atoms with E-state index in [1.165, 1.54) is 18.9 Å². The maximum Gasteiger partial charge on any atom is 0.273 e. The summed E-state index contributed by atoms with van der Waals surface area (Å²) in [5.41, 5.74) is 0. The van der Waals surface area contributed by atoms with Crippen LogP contribution in [0.3, 0.4) is 0 Å². The number of sulfonamides is 1. The van der Waals surface area contributed by atoms with Crippen molar-refractivity contribution < 1.29 is 12.8 Å². The molecule has 0 aliphatic heterocycles. The lowest BCUT2D eigenvalue weighted by atomic mass is 10.1. The van der Waals surface area contributed by atoms with Gasteiger partial charge in [0.25, 0.3) is 10.0 Å². The van der Waals surface area contributed by atoms with Gasteiger partial charge in [-0.25, -0.2) is 13.1 Å². The Morgan fingerprint density at radius 1 is 1.35 bits per heavy atom. The van der Waals surface area contributed by atoms with Crippen LogP contribution < -0.4 is 10.0 Å². The fourth-order valence-electron chi connectivity index (χ4n) is 1.92. The lowest BCUT2D eigenvalue weighted by molar-refractivity contribution is 0.399. The number of nitrogens with one attached hydrogen (secondary N) is 2. The SMILES string of the molecule is CC(C)CCCNS(=O)(=O)c1ccc(CNC2CC2)o1. The van der Waals surface area contributed by atoms with Crippen LogP contribution in [0.4, 0.5) is 0 Å². The van der Waals surface area contributed by atoms with Crippen molar-refractivity contribution in [1.82, 2.24) is 10.0 Å². The average Bonchev–Trinajstić information content (AvgIpc) is 3.08. The molecule has 6 heteroatoms. The first kappa shape index (κ1) is 15.5. The maximum atomic E-state index is 12.0. The van der Waals surface area contributed by atoms with E-state index in [9.17, 15) is 8.42 Å². The normalized spacial score (nSPS) is 15.9. The molecule has 1 aromatic heterocycles. The van der Waals surface area contributed by atoms with Crippen molar-refractivity contribution in [2.45, 2.75) is 57.2 Å². The third kappa shape index (κ3) is 4.92. The lowest BCUT2D eigenvalue weighted by Gasteiger charge is -2.06. The highest BCUT2D eigenvalue weighted by atomic mass is 32.2. The van der Waals surface area contributed by atoms with Gasteiger partial charge >= 0.3 is 0 Å². The summed E-state index contributed by atoms with van der Waals surface area (Å²) in [6.45, 7) is 5.30. The van der Waals surface area contributed by atoms with Crippen molar-refractivity contribution >= 4 is 10.0 Å². The Morgan fingerprint density at radius 3 is 2.75 bits per heavy atom. The molecule has 0 radical (unpaired) electrons. The standard InChI is InChI=1S/C14H24N2O3S/c1-11(2)4-3-9-16-20(17,18)14-8-7-13(19-14)10-15-12-5-6-12/h7-8,11-12,15-16H,3-6,9-10H2,1-2H3. The number of hydrogen-bond donors (Lipinski definition) is 2. The summed E-state index contributed by atoms with van der Waals surface area (Å²) in [5, 5.41) is 3.30.